The summed E-state index contributed by atoms with van der Waals surface area (Å²) in [6.45, 7) is 2.31. The zero-order valence-corrected chi connectivity index (χ0v) is 10.6. The topological polar surface area (TPSA) is 46.3 Å². The van der Waals surface area contributed by atoms with Crippen molar-refractivity contribution in [2.75, 3.05) is 7.05 Å². The molecule has 1 aromatic heterocycles. The quantitative estimate of drug-likeness (QED) is 0.916. The first kappa shape index (κ1) is 11.7. The van der Waals surface area contributed by atoms with E-state index in [4.69, 9.17) is 5.73 Å². The van der Waals surface area contributed by atoms with Crippen LogP contribution >= 0.6 is 27.3 Å². The van der Waals surface area contributed by atoms with Crippen molar-refractivity contribution in [3.05, 3.63) is 20.8 Å². The van der Waals surface area contributed by atoms with Gasteiger partial charge in [0.25, 0.3) is 0 Å². The van der Waals surface area contributed by atoms with E-state index in [1.807, 2.05) is 11.4 Å². The van der Waals surface area contributed by atoms with E-state index in [2.05, 4.69) is 15.9 Å². The molecule has 0 fully saturated rings. The van der Waals surface area contributed by atoms with Crippen molar-refractivity contribution in [1.29, 1.82) is 0 Å². The molecule has 14 heavy (non-hydrogen) atoms. The average Bonchev–Trinajstić information content (AvgIpc) is 2.49. The molecule has 0 aliphatic carbocycles. The monoisotopic (exact) mass is 276 g/mol. The molecule has 1 atom stereocenters. The number of thiophene rings is 1. The standard InChI is InChI=1S/C9H13BrN2OS/c1-6(11)9(13)12(2)4-7-3-8(10)14-5-7/h3,5-6H,4,11H2,1-2H3/t6-/m0/s1. The van der Waals surface area contributed by atoms with Crippen LogP contribution in [0.15, 0.2) is 15.2 Å². The smallest absolute Gasteiger partial charge is 0.239 e. The highest BCUT2D eigenvalue weighted by Gasteiger charge is 2.13. The first-order valence-electron chi connectivity index (χ1n) is 4.24. The van der Waals surface area contributed by atoms with Gasteiger partial charge in [-0.25, -0.2) is 0 Å². The third-order valence-corrected chi connectivity index (χ3v) is 3.36. The van der Waals surface area contributed by atoms with Gasteiger partial charge in [0.1, 0.15) is 0 Å². The van der Waals surface area contributed by atoms with Crippen LogP contribution in [-0.4, -0.2) is 23.9 Å². The molecule has 0 spiro atoms. The molecule has 0 aliphatic heterocycles. The Balaban J connectivity index is 2.57. The molecule has 0 radical (unpaired) electrons. The molecule has 3 nitrogen and oxygen atoms in total. The second-order valence-corrected chi connectivity index (χ2v) is 5.53. The molecule has 5 heteroatoms. The largest absolute Gasteiger partial charge is 0.340 e. The van der Waals surface area contributed by atoms with Gasteiger partial charge in [0.15, 0.2) is 0 Å². The summed E-state index contributed by atoms with van der Waals surface area (Å²) in [4.78, 5) is 13.1. The van der Waals surface area contributed by atoms with E-state index in [1.54, 1.807) is 30.2 Å². The molecule has 0 aliphatic rings. The molecule has 0 aromatic carbocycles. The summed E-state index contributed by atoms with van der Waals surface area (Å²) < 4.78 is 1.08. The van der Waals surface area contributed by atoms with Gasteiger partial charge in [-0.15, -0.1) is 11.3 Å². The number of hydrogen-bond acceptors (Lipinski definition) is 3. The molecule has 0 bridgehead atoms. The molecule has 1 rings (SSSR count). The highest BCUT2D eigenvalue weighted by molar-refractivity contribution is 9.11. The average molecular weight is 277 g/mol. The molecule has 1 amide bonds. The van der Waals surface area contributed by atoms with Crippen LogP contribution in [0.4, 0.5) is 0 Å². The van der Waals surface area contributed by atoms with Crippen LogP contribution in [0.2, 0.25) is 0 Å². The number of nitrogens with zero attached hydrogens (tertiary/aromatic N) is 1. The van der Waals surface area contributed by atoms with Gasteiger partial charge >= 0.3 is 0 Å². The van der Waals surface area contributed by atoms with Gasteiger partial charge in [-0.05, 0) is 39.9 Å². The molecule has 2 N–H and O–H groups in total. The van der Waals surface area contributed by atoms with Gasteiger partial charge in [0.2, 0.25) is 5.91 Å². The zero-order chi connectivity index (χ0) is 10.7. The maximum absolute atomic E-state index is 11.4. The predicted molar refractivity (Wildman–Crippen MR) is 62.1 cm³/mol. The fourth-order valence-corrected chi connectivity index (χ4v) is 2.33. The summed E-state index contributed by atoms with van der Waals surface area (Å²) in [5.74, 6) is -0.0349. The van der Waals surface area contributed by atoms with Crippen LogP contribution in [0.25, 0.3) is 0 Å². The van der Waals surface area contributed by atoms with Crippen molar-refractivity contribution < 1.29 is 4.79 Å². The molecular formula is C9H13BrN2OS. The highest BCUT2D eigenvalue weighted by Crippen LogP contribution is 2.21. The molecule has 0 saturated carbocycles. The molecule has 1 heterocycles. The van der Waals surface area contributed by atoms with Crippen molar-refractivity contribution in [3.63, 3.8) is 0 Å². The number of halogens is 1. The third kappa shape index (κ3) is 3.08. The zero-order valence-electron chi connectivity index (χ0n) is 8.16. The fraction of sp³-hybridized carbons (Fsp3) is 0.444. The Morgan fingerprint density at radius 3 is 2.86 bits per heavy atom. The van der Waals surface area contributed by atoms with Gasteiger partial charge in [-0.1, -0.05) is 0 Å². The van der Waals surface area contributed by atoms with Gasteiger partial charge in [0, 0.05) is 13.6 Å². The second kappa shape index (κ2) is 4.91. The Morgan fingerprint density at radius 1 is 1.79 bits per heavy atom. The minimum absolute atomic E-state index is 0.0349. The SMILES string of the molecule is C[C@H](N)C(=O)N(C)Cc1csc(Br)c1. The Bertz CT molecular complexity index is 324. The lowest BCUT2D eigenvalue weighted by atomic mass is 10.2. The lowest BCUT2D eigenvalue weighted by Crippen LogP contribution is -2.39. The number of nitrogens with two attached hydrogens (primary N) is 1. The summed E-state index contributed by atoms with van der Waals surface area (Å²) in [6, 6.07) is 1.58. The van der Waals surface area contributed by atoms with Crippen molar-refractivity contribution in [2.45, 2.75) is 19.5 Å². The van der Waals surface area contributed by atoms with E-state index >= 15 is 0 Å². The van der Waals surface area contributed by atoms with Gasteiger partial charge in [-0.3, -0.25) is 4.79 Å². The molecule has 78 valence electrons. The van der Waals surface area contributed by atoms with Crippen LogP contribution < -0.4 is 5.73 Å². The Labute approximate surface area is 96.0 Å². The predicted octanol–water partition coefficient (Wildman–Crippen LogP) is 1.82. The summed E-state index contributed by atoms with van der Waals surface area (Å²) >= 11 is 4.99. The Morgan fingerprint density at radius 2 is 2.43 bits per heavy atom. The Kier molecular flexibility index (Phi) is 4.10. The fourth-order valence-electron chi connectivity index (χ4n) is 1.13. The highest BCUT2D eigenvalue weighted by atomic mass is 79.9. The maximum Gasteiger partial charge on any atom is 0.239 e. The van der Waals surface area contributed by atoms with Crippen LogP contribution in [0.5, 0.6) is 0 Å². The van der Waals surface area contributed by atoms with Crippen LogP contribution in [-0.2, 0) is 11.3 Å². The van der Waals surface area contributed by atoms with Crippen LogP contribution in [0, 0.1) is 0 Å². The van der Waals surface area contributed by atoms with Crippen LogP contribution in [0.1, 0.15) is 12.5 Å². The van der Waals surface area contributed by atoms with Crippen LogP contribution in [0.3, 0.4) is 0 Å². The van der Waals surface area contributed by atoms with Crippen molar-refractivity contribution in [2.24, 2.45) is 5.73 Å². The molecule has 1 aromatic rings. The van der Waals surface area contributed by atoms with E-state index in [0.29, 0.717) is 6.54 Å². The van der Waals surface area contributed by atoms with E-state index in [-0.39, 0.29) is 5.91 Å². The number of hydrogen-bond donors (Lipinski definition) is 1. The van der Waals surface area contributed by atoms with Crippen molar-refractivity contribution >= 4 is 33.2 Å². The van der Waals surface area contributed by atoms with Gasteiger partial charge in [0.05, 0.1) is 9.83 Å². The van der Waals surface area contributed by atoms with E-state index < -0.39 is 6.04 Å². The Hall–Kier alpha value is -0.390. The lowest BCUT2D eigenvalue weighted by Gasteiger charge is -2.18. The summed E-state index contributed by atoms with van der Waals surface area (Å²) in [6.07, 6.45) is 0. The minimum Gasteiger partial charge on any atom is -0.340 e. The van der Waals surface area contributed by atoms with Crippen molar-refractivity contribution in [3.8, 4) is 0 Å². The number of carbonyl (C=O) groups excluding carboxylic acids is 1. The molecule has 0 unspecified atom stereocenters. The van der Waals surface area contributed by atoms with Gasteiger partial charge in [-0.2, -0.15) is 0 Å². The number of likely N-dealkylation sites (N-methyl/N-ethyl adjacent to an activating group) is 1. The summed E-state index contributed by atoms with van der Waals surface area (Å²) in [7, 11) is 1.76. The first-order valence-corrected chi connectivity index (χ1v) is 5.91. The van der Waals surface area contributed by atoms with Crippen molar-refractivity contribution in [1.82, 2.24) is 4.90 Å². The maximum atomic E-state index is 11.4. The van der Waals surface area contributed by atoms with Gasteiger partial charge < -0.3 is 10.6 Å². The number of rotatable bonds is 3. The third-order valence-electron chi connectivity index (χ3n) is 1.81. The molecular weight excluding hydrogens is 264 g/mol. The normalized spacial score (nSPS) is 12.6. The van der Waals surface area contributed by atoms with E-state index in [9.17, 15) is 4.79 Å². The summed E-state index contributed by atoms with van der Waals surface area (Å²) in [5.41, 5.74) is 6.62. The number of amides is 1. The number of carbonyl (C=O) groups is 1. The second-order valence-electron chi connectivity index (χ2n) is 3.24. The van der Waals surface area contributed by atoms with E-state index in [1.165, 1.54) is 0 Å². The lowest BCUT2D eigenvalue weighted by molar-refractivity contribution is -0.131. The first-order chi connectivity index (χ1) is 6.50. The minimum atomic E-state index is -0.429. The summed E-state index contributed by atoms with van der Waals surface area (Å²) in [5, 5.41) is 2.02. The van der Waals surface area contributed by atoms with E-state index in [0.717, 1.165) is 9.35 Å². The molecule has 0 saturated heterocycles.